The fourth-order valence-corrected chi connectivity index (χ4v) is 4.18. The molecule has 1 saturated carbocycles. The van der Waals surface area contributed by atoms with Crippen molar-refractivity contribution >= 4 is 11.7 Å². The number of rotatable bonds is 4. The number of nitrogens with one attached hydrogen (secondary N) is 1. The summed E-state index contributed by atoms with van der Waals surface area (Å²) >= 11 is 0. The molecule has 26 heavy (non-hydrogen) atoms. The van der Waals surface area contributed by atoms with Crippen molar-refractivity contribution in [2.24, 2.45) is 11.7 Å². The highest BCUT2D eigenvalue weighted by atomic mass is 16.1. The second-order valence-electron chi connectivity index (χ2n) is 7.31. The molecule has 3 N–H and O–H groups in total. The molecule has 0 aliphatic heterocycles. The van der Waals surface area contributed by atoms with Gasteiger partial charge >= 0.3 is 0 Å². The van der Waals surface area contributed by atoms with Gasteiger partial charge in [0.25, 0.3) is 0 Å². The molecule has 1 fully saturated rings. The minimum absolute atomic E-state index is 0.0555. The van der Waals surface area contributed by atoms with Gasteiger partial charge in [0, 0.05) is 35.3 Å². The maximum atomic E-state index is 12.0. The summed E-state index contributed by atoms with van der Waals surface area (Å²) in [7, 11) is 0. The number of nitrogens with zero attached hydrogens (tertiary/aromatic N) is 3. The van der Waals surface area contributed by atoms with E-state index in [4.69, 9.17) is 15.7 Å². The van der Waals surface area contributed by atoms with Gasteiger partial charge in [-0.15, -0.1) is 0 Å². The molecule has 2 atom stereocenters. The zero-order valence-corrected chi connectivity index (χ0v) is 14.9. The van der Waals surface area contributed by atoms with Crippen LogP contribution in [-0.4, -0.2) is 26.9 Å². The van der Waals surface area contributed by atoms with Crippen LogP contribution in [0.25, 0.3) is 11.4 Å². The molecule has 2 aromatic rings. The first kappa shape index (κ1) is 16.9. The number of hydrogen-bond acceptors (Lipinski definition) is 5. The lowest BCUT2D eigenvalue weighted by Gasteiger charge is -2.25. The van der Waals surface area contributed by atoms with E-state index in [1.807, 2.05) is 12.1 Å². The number of aromatic nitrogens is 3. The summed E-state index contributed by atoms with van der Waals surface area (Å²) in [5.74, 6) is 1.27. The highest BCUT2D eigenvalue weighted by molar-refractivity contribution is 5.78. The fraction of sp³-hybridized carbons (Fsp3) is 0.500. The van der Waals surface area contributed by atoms with Gasteiger partial charge in [-0.1, -0.05) is 19.3 Å². The second kappa shape index (κ2) is 7.40. The zero-order chi connectivity index (χ0) is 17.9. The molecule has 0 bridgehead atoms. The van der Waals surface area contributed by atoms with E-state index >= 15 is 0 Å². The van der Waals surface area contributed by atoms with Crippen molar-refractivity contribution in [2.45, 2.75) is 57.4 Å². The SMILES string of the molecule is NC(=O)[C@H]1CCCCC[C@@H]1Nc1nc(-c2ccncc2)nc2c1CCC2. The lowest BCUT2D eigenvalue weighted by Crippen LogP contribution is -2.38. The van der Waals surface area contributed by atoms with Crippen molar-refractivity contribution in [2.75, 3.05) is 5.32 Å². The Bertz CT molecular complexity index is 792. The predicted molar refractivity (Wildman–Crippen MR) is 100 cm³/mol. The number of primary amides is 1. The van der Waals surface area contributed by atoms with E-state index in [2.05, 4.69) is 10.3 Å². The Balaban J connectivity index is 1.69. The molecule has 0 radical (unpaired) electrons. The molecule has 0 unspecified atom stereocenters. The van der Waals surface area contributed by atoms with Crippen molar-refractivity contribution in [1.29, 1.82) is 0 Å². The molecule has 2 aliphatic carbocycles. The molecule has 4 rings (SSSR count). The summed E-state index contributed by atoms with van der Waals surface area (Å²) in [6.07, 6.45) is 11.7. The highest BCUT2D eigenvalue weighted by Crippen LogP contribution is 2.32. The van der Waals surface area contributed by atoms with E-state index in [1.54, 1.807) is 12.4 Å². The monoisotopic (exact) mass is 351 g/mol. The number of anilines is 1. The molecule has 1 amide bonds. The number of fused-ring (bicyclic) bond motifs is 1. The van der Waals surface area contributed by atoms with Crippen molar-refractivity contribution in [3.8, 4) is 11.4 Å². The van der Waals surface area contributed by atoms with Crippen LogP contribution in [0, 0.1) is 5.92 Å². The molecular formula is C20H25N5O. The molecule has 2 aromatic heterocycles. The smallest absolute Gasteiger partial charge is 0.222 e. The molecule has 2 heterocycles. The number of nitrogens with two attached hydrogens (primary N) is 1. The van der Waals surface area contributed by atoms with Gasteiger partial charge < -0.3 is 11.1 Å². The minimum atomic E-state index is -0.204. The minimum Gasteiger partial charge on any atom is -0.369 e. The molecule has 2 aliphatic rings. The maximum Gasteiger partial charge on any atom is 0.222 e. The zero-order valence-electron chi connectivity index (χ0n) is 14.9. The van der Waals surface area contributed by atoms with Crippen LogP contribution < -0.4 is 11.1 Å². The lowest BCUT2D eigenvalue weighted by molar-refractivity contribution is -0.122. The van der Waals surface area contributed by atoms with Gasteiger partial charge in [-0.25, -0.2) is 9.97 Å². The van der Waals surface area contributed by atoms with E-state index in [0.717, 1.165) is 74.3 Å². The molecule has 0 spiro atoms. The van der Waals surface area contributed by atoms with Crippen LogP contribution in [0.2, 0.25) is 0 Å². The summed E-state index contributed by atoms with van der Waals surface area (Å²) in [5.41, 5.74) is 8.99. The van der Waals surface area contributed by atoms with Crippen LogP contribution in [0.1, 0.15) is 49.8 Å². The summed E-state index contributed by atoms with van der Waals surface area (Å²) < 4.78 is 0. The molecule has 6 heteroatoms. The second-order valence-corrected chi connectivity index (χ2v) is 7.31. The number of aryl methyl sites for hydroxylation is 1. The van der Waals surface area contributed by atoms with Gasteiger partial charge in [0.15, 0.2) is 5.82 Å². The first-order valence-corrected chi connectivity index (χ1v) is 9.58. The summed E-state index contributed by atoms with van der Waals surface area (Å²) in [6.45, 7) is 0. The van der Waals surface area contributed by atoms with Gasteiger partial charge in [-0.05, 0) is 44.2 Å². The summed E-state index contributed by atoms with van der Waals surface area (Å²) in [6, 6.07) is 3.91. The first-order chi connectivity index (χ1) is 12.7. The highest BCUT2D eigenvalue weighted by Gasteiger charge is 2.30. The Hall–Kier alpha value is -2.50. The van der Waals surface area contributed by atoms with E-state index in [-0.39, 0.29) is 17.9 Å². The predicted octanol–water partition coefficient (Wildman–Crippen LogP) is 2.87. The van der Waals surface area contributed by atoms with Crippen LogP contribution >= 0.6 is 0 Å². The molecule has 136 valence electrons. The quantitative estimate of drug-likeness (QED) is 0.826. The van der Waals surface area contributed by atoms with Gasteiger partial charge in [-0.3, -0.25) is 9.78 Å². The Morgan fingerprint density at radius 3 is 2.65 bits per heavy atom. The van der Waals surface area contributed by atoms with Crippen LogP contribution in [0.5, 0.6) is 0 Å². The molecular weight excluding hydrogens is 326 g/mol. The Kier molecular flexibility index (Phi) is 4.82. The third-order valence-corrected chi connectivity index (χ3v) is 5.58. The number of amides is 1. The van der Waals surface area contributed by atoms with E-state index in [1.165, 1.54) is 5.56 Å². The lowest BCUT2D eigenvalue weighted by atomic mass is 9.94. The summed E-state index contributed by atoms with van der Waals surface area (Å²) in [5, 5.41) is 3.60. The number of carbonyl (C=O) groups excluding carboxylic acids is 1. The van der Waals surface area contributed by atoms with Crippen molar-refractivity contribution in [3.63, 3.8) is 0 Å². The van der Waals surface area contributed by atoms with Crippen molar-refractivity contribution in [3.05, 3.63) is 35.8 Å². The average Bonchev–Trinajstić information content (AvgIpc) is 3.01. The first-order valence-electron chi connectivity index (χ1n) is 9.58. The third kappa shape index (κ3) is 3.41. The maximum absolute atomic E-state index is 12.0. The van der Waals surface area contributed by atoms with Gasteiger partial charge in [0.05, 0.1) is 5.92 Å². The standard InChI is InChI=1S/C20H25N5O/c21-18(26)14-5-2-1-3-7-16(14)24-20-15-6-4-8-17(15)23-19(25-20)13-9-11-22-12-10-13/h9-12,14,16H,1-8H2,(H2,21,26)(H,23,24,25)/t14-,16-/m0/s1. The molecule has 6 nitrogen and oxygen atoms in total. The van der Waals surface area contributed by atoms with Crippen molar-refractivity contribution in [1.82, 2.24) is 15.0 Å². The van der Waals surface area contributed by atoms with Crippen LogP contribution in [0.15, 0.2) is 24.5 Å². The van der Waals surface area contributed by atoms with E-state index in [9.17, 15) is 4.79 Å². The fourth-order valence-electron chi connectivity index (χ4n) is 4.18. The van der Waals surface area contributed by atoms with Crippen molar-refractivity contribution < 1.29 is 4.79 Å². The van der Waals surface area contributed by atoms with Gasteiger partial charge in [0.1, 0.15) is 5.82 Å². The van der Waals surface area contributed by atoms with Gasteiger partial charge in [-0.2, -0.15) is 0 Å². The molecule has 0 saturated heterocycles. The van der Waals surface area contributed by atoms with Crippen LogP contribution in [0.4, 0.5) is 5.82 Å². The summed E-state index contributed by atoms with van der Waals surface area (Å²) in [4.78, 5) is 25.7. The number of hydrogen-bond donors (Lipinski definition) is 2. The number of carbonyl (C=O) groups is 1. The Labute approximate surface area is 153 Å². The van der Waals surface area contributed by atoms with Crippen LogP contribution in [0.3, 0.4) is 0 Å². The Morgan fingerprint density at radius 2 is 1.85 bits per heavy atom. The van der Waals surface area contributed by atoms with E-state index in [0.29, 0.717) is 0 Å². The third-order valence-electron chi connectivity index (χ3n) is 5.58. The number of pyridine rings is 1. The normalized spacial score (nSPS) is 22.5. The topological polar surface area (TPSA) is 93.8 Å². The van der Waals surface area contributed by atoms with E-state index < -0.39 is 0 Å². The van der Waals surface area contributed by atoms with Crippen LogP contribution in [-0.2, 0) is 17.6 Å². The average molecular weight is 351 g/mol. The largest absolute Gasteiger partial charge is 0.369 e. The Morgan fingerprint density at radius 1 is 1.04 bits per heavy atom. The molecule has 0 aromatic carbocycles. The van der Waals surface area contributed by atoms with Gasteiger partial charge in [0.2, 0.25) is 5.91 Å².